The predicted molar refractivity (Wildman–Crippen MR) is 70.3 cm³/mol. The molecule has 2 rings (SSSR count). The van der Waals surface area contributed by atoms with E-state index in [1.54, 1.807) is 0 Å². The zero-order chi connectivity index (χ0) is 14.0. The highest BCUT2D eigenvalue weighted by Gasteiger charge is 2.17. The lowest BCUT2D eigenvalue weighted by molar-refractivity contribution is 0.277. The third-order valence-electron chi connectivity index (χ3n) is 2.39. The van der Waals surface area contributed by atoms with Gasteiger partial charge in [-0.1, -0.05) is 11.6 Å². The highest BCUT2D eigenvalue weighted by molar-refractivity contribution is 7.99. The largest absolute Gasteiger partial charge is 0.391 e. The number of halogens is 1. The predicted octanol–water partition coefficient (Wildman–Crippen LogP) is 1.24. The molecule has 102 valence electrons. The highest BCUT2D eigenvalue weighted by atomic mass is 35.5. The molecule has 0 amide bonds. The molecule has 2 aromatic heterocycles. The number of aliphatic hydroxyl groups is 1. The van der Waals surface area contributed by atoms with Crippen LogP contribution >= 0.6 is 23.4 Å². The first-order chi connectivity index (χ1) is 9.04. The topological polar surface area (TPSA) is 96.7 Å². The number of aromatic amines is 1. The Labute approximate surface area is 118 Å². The first-order valence-corrected chi connectivity index (χ1v) is 6.69. The minimum atomic E-state index is -0.289. The van der Waals surface area contributed by atoms with Gasteiger partial charge in [0.25, 0.3) is 0 Å². The van der Waals surface area contributed by atoms with Crippen LogP contribution in [-0.2, 0) is 6.61 Å². The summed E-state index contributed by atoms with van der Waals surface area (Å²) >= 11 is 7.04. The second kappa shape index (κ2) is 5.72. The van der Waals surface area contributed by atoms with Crippen molar-refractivity contribution in [2.75, 3.05) is 0 Å². The van der Waals surface area contributed by atoms with Crippen LogP contribution < -0.4 is 5.69 Å². The van der Waals surface area contributed by atoms with Crippen LogP contribution in [0.2, 0.25) is 5.15 Å². The summed E-state index contributed by atoms with van der Waals surface area (Å²) < 4.78 is 1.50. The first kappa shape index (κ1) is 14.0. The summed E-state index contributed by atoms with van der Waals surface area (Å²) in [6.07, 6.45) is 1.30. The quantitative estimate of drug-likeness (QED) is 0.825. The third-order valence-corrected chi connectivity index (χ3v) is 3.73. The fraction of sp³-hybridized carbons (Fsp3) is 0.400. The Morgan fingerprint density at radius 2 is 2.26 bits per heavy atom. The van der Waals surface area contributed by atoms with E-state index in [9.17, 15) is 9.90 Å². The number of H-pyrrole nitrogens is 1. The molecule has 0 atom stereocenters. The lowest BCUT2D eigenvalue weighted by Crippen LogP contribution is -2.19. The summed E-state index contributed by atoms with van der Waals surface area (Å²) in [7, 11) is 0. The number of aliphatic hydroxyl groups excluding tert-OH is 1. The van der Waals surface area contributed by atoms with E-state index in [0.29, 0.717) is 15.7 Å². The van der Waals surface area contributed by atoms with Crippen molar-refractivity contribution in [3.05, 3.63) is 27.5 Å². The molecule has 0 bridgehead atoms. The molecule has 0 radical (unpaired) electrons. The number of hydrogen-bond donors (Lipinski definition) is 2. The van der Waals surface area contributed by atoms with E-state index >= 15 is 0 Å². The van der Waals surface area contributed by atoms with Gasteiger partial charge in [0.15, 0.2) is 5.16 Å². The Kier molecular flexibility index (Phi) is 4.23. The molecule has 19 heavy (non-hydrogen) atoms. The maximum absolute atomic E-state index is 11.6. The zero-order valence-corrected chi connectivity index (χ0v) is 11.9. The lowest BCUT2D eigenvalue weighted by atomic mass is 10.4. The Morgan fingerprint density at radius 3 is 2.89 bits per heavy atom. The van der Waals surface area contributed by atoms with Crippen molar-refractivity contribution in [1.29, 1.82) is 0 Å². The van der Waals surface area contributed by atoms with E-state index in [-0.39, 0.29) is 23.5 Å². The van der Waals surface area contributed by atoms with E-state index in [0.717, 1.165) is 11.8 Å². The summed E-state index contributed by atoms with van der Waals surface area (Å²) in [5.41, 5.74) is 0.128. The fourth-order valence-electron chi connectivity index (χ4n) is 1.50. The van der Waals surface area contributed by atoms with Crippen LogP contribution in [0.15, 0.2) is 21.3 Å². The Morgan fingerprint density at radius 1 is 1.53 bits per heavy atom. The van der Waals surface area contributed by atoms with Gasteiger partial charge in [-0.15, -0.1) is 5.10 Å². The molecule has 0 spiro atoms. The first-order valence-electron chi connectivity index (χ1n) is 5.49. The molecule has 7 nitrogen and oxygen atoms in total. The molecule has 2 aromatic rings. The standard InChI is InChI=1S/C10H12ClN5O2S/c1-5(2)16-9(18)14-15-10(16)19-8-6(3-17)7(11)12-4-13-8/h4-5,17H,3H2,1-2H3,(H,14,18). The molecule has 0 fully saturated rings. The molecule has 0 aliphatic carbocycles. The van der Waals surface area contributed by atoms with Crippen molar-refractivity contribution in [3.63, 3.8) is 0 Å². The molecule has 9 heteroatoms. The van der Waals surface area contributed by atoms with Gasteiger partial charge in [-0.3, -0.25) is 4.57 Å². The highest BCUT2D eigenvalue weighted by Crippen LogP contribution is 2.30. The van der Waals surface area contributed by atoms with Gasteiger partial charge in [-0.2, -0.15) is 0 Å². The van der Waals surface area contributed by atoms with E-state index in [4.69, 9.17) is 11.6 Å². The van der Waals surface area contributed by atoms with Gasteiger partial charge in [-0.05, 0) is 25.6 Å². The number of nitrogens with one attached hydrogen (secondary N) is 1. The summed E-state index contributed by atoms with van der Waals surface area (Å²) in [5.74, 6) is 0. The van der Waals surface area contributed by atoms with Crippen molar-refractivity contribution in [2.45, 2.75) is 36.7 Å². The van der Waals surface area contributed by atoms with Crippen molar-refractivity contribution in [2.24, 2.45) is 0 Å². The van der Waals surface area contributed by atoms with Crippen LogP contribution in [0.3, 0.4) is 0 Å². The second-order valence-corrected chi connectivity index (χ2v) is 5.30. The van der Waals surface area contributed by atoms with Crippen LogP contribution in [0.25, 0.3) is 0 Å². The van der Waals surface area contributed by atoms with Gasteiger partial charge in [0, 0.05) is 11.6 Å². The molecule has 0 aliphatic rings. The summed E-state index contributed by atoms with van der Waals surface area (Å²) in [6, 6.07) is -0.0383. The maximum atomic E-state index is 11.6. The van der Waals surface area contributed by atoms with Crippen LogP contribution in [-0.4, -0.2) is 29.8 Å². The molecular weight excluding hydrogens is 290 g/mol. The molecule has 0 saturated heterocycles. The molecule has 0 aliphatic heterocycles. The molecule has 0 aromatic carbocycles. The summed E-state index contributed by atoms with van der Waals surface area (Å²) in [6.45, 7) is 3.47. The molecule has 0 unspecified atom stereocenters. The Hall–Kier alpha value is -1.38. The Bertz CT molecular complexity index is 639. The summed E-state index contributed by atoms with van der Waals surface area (Å²) in [4.78, 5) is 19.5. The van der Waals surface area contributed by atoms with E-state index in [1.807, 2.05) is 13.8 Å². The maximum Gasteiger partial charge on any atom is 0.344 e. The van der Waals surface area contributed by atoms with Gasteiger partial charge < -0.3 is 5.11 Å². The SMILES string of the molecule is CC(C)n1c(Sc2ncnc(Cl)c2CO)n[nH]c1=O. The van der Waals surface area contributed by atoms with Crippen molar-refractivity contribution in [1.82, 2.24) is 24.7 Å². The van der Waals surface area contributed by atoms with Gasteiger partial charge in [0.2, 0.25) is 0 Å². The molecule has 2 heterocycles. The minimum absolute atomic E-state index is 0.0383. The normalized spacial score (nSPS) is 11.2. The zero-order valence-electron chi connectivity index (χ0n) is 10.3. The monoisotopic (exact) mass is 301 g/mol. The van der Waals surface area contributed by atoms with Crippen LogP contribution in [0.4, 0.5) is 0 Å². The van der Waals surface area contributed by atoms with Gasteiger partial charge in [-0.25, -0.2) is 19.9 Å². The fourth-order valence-corrected chi connectivity index (χ4v) is 2.79. The average molecular weight is 302 g/mol. The van der Waals surface area contributed by atoms with E-state index in [1.165, 1.54) is 10.9 Å². The van der Waals surface area contributed by atoms with Gasteiger partial charge >= 0.3 is 5.69 Å². The van der Waals surface area contributed by atoms with Gasteiger partial charge in [0.1, 0.15) is 16.5 Å². The lowest BCUT2D eigenvalue weighted by Gasteiger charge is -2.09. The van der Waals surface area contributed by atoms with Crippen LogP contribution in [0, 0.1) is 0 Å². The van der Waals surface area contributed by atoms with Crippen LogP contribution in [0.5, 0.6) is 0 Å². The van der Waals surface area contributed by atoms with Crippen LogP contribution in [0.1, 0.15) is 25.5 Å². The van der Waals surface area contributed by atoms with Crippen molar-refractivity contribution >= 4 is 23.4 Å². The number of aromatic nitrogens is 5. The number of rotatable bonds is 4. The second-order valence-electron chi connectivity index (χ2n) is 3.98. The average Bonchev–Trinajstić information content (AvgIpc) is 2.71. The van der Waals surface area contributed by atoms with Gasteiger partial charge in [0.05, 0.1) is 6.61 Å². The molecular formula is C10H12ClN5O2S. The molecule has 2 N–H and O–H groups in total. The van der Waals surface area contributed by atoms with E-state index < -0.39 is 0 Å². The minimum Gasteiger partial charge on any atom is -0.391 e. The van der Waals surface area contributed by atoms with Crippen molar-refractivity contribution < 1.29 is 5.11 Å². The van der Waals surface area contributed by atoms with Crippen molar-refractivity contribution in [3.8, 4) is 0 Å². The Balaban J connectivity index is 2.42. The smallest absolute Gasteiger partial charge is 0.344 e. The number of nitrogens with zero attached hydrogens (tertiary/aromatic N) is 4. The molecule has 0 saturated carbocycles. The van der Waals surface area contributed by atoms with E-state index in [2.05, 4.69) is 20.2 Å². The summed E-state index contributed by atoms with van der Waals surface area (Å²) in [5, 5.41) is 16.7. The number of hydrogen-bond acceptors (Lipinski definition) is 6. The third kappa shape index (κ3) is 2.80.